The highest BCUT2D eigenvalue weighted by Gasteiger charge is 2.02. The van der Waals surface area contributed by atoms with Crippen LogP contribution in [0.1, 0.15) is 0 Å². The van der Waals surface area contributed by atoms with Crippen molar-refractivity contribution in [3.8, 4) is 0 Å². The molecule has 3 aromatic rings. The second kappa shape index (κ2) is 4.90. The number of rotatable bonds is 3. The molecule has 3 nitrogen and oxygen atoms in total. The fourth-order valence-electron chi connectivity index (χ4n) is 2.08. The first-order valence-corrected chi connectivity index (χ1v) is 6.05. The second-order valence-corrected chi connectivity index (χ2v) is 4.30. The maximum absolute atomic E-state index is 10.7. The molecular weight excluding hydrogens is 236 g/mol. The van der Waals surface area contributed by atoms with Gasteiger partial charge in [-0.2, -0.15) is 0 Å². The van der Waals surface area contributed by atoms with Crippen LogP contribution in [-0.4, -0.2) is 0 Å². The summed E-state index contributed by atoms with van der Waals surface area (Å²) in [5.74, 6) is 0. The van der Waals surface area contributed by atoms with Gasteiger partial charge < -0.3 is 5.32 Å². The summed E-state index contributed by atoms with van der Waals surface area (Å²) in [6.45, 7) is 0. The number of hydrogen-bond acceptors (Lipinski definition) is 3. The Hall–Kier alpha value is -2.68. The van der Waals surface area contributed by atoms with Crippen molar-refractivity contribution in [3.05, 3.63) is 71.6 Å². The van der Waals surface area contributed by atoms with Crippen LogP contribution in [0.5, 0.6) is 0 Å². The topological polar surface area (TPSA) is 41.5 Å². The van der Waals surface area contributed by atoms with Crippen LogP contribution in [0.25, 0.3) is 10.8 Å². The molecule has 0 heterocycles. The number of para-hydroxylation sites is 1. The van der Waals surface area contributed by atoms with Gasteiger partial charge in [-0.1, -0.05) is 42.5 Å². The molecule has 0 spiro atoms. The Bertz CT molecular complexity index is 737. The monoisotopic (exact) mass is 248 g/mol. The van der Waals surface area contributed by atoms with Gasteiger partial charge in [0.05, 0.1) is 5.69 Å². The molecule has 0 fully saturated rings. The Morgan fingerprint density at radius 1 is 0.789 bits per heavy atom. The Kier molecular flexibility index (Phi) is 2.94. The van der Waals surface area contributed by atoms with Gasteiger partial charge in [0, 0.05) is 5.69 Å². The zero-order valence-corrected chi connectivity index (χ0v) is 10.2. The average Bonchev–Trinajstić information content (AvgIpc) is 2.48. The summed E-state index contributed by atoms with van der Waals surface area (Å²) in [6.07, 6.45) is 0. The second-order valence-electron chi connectivity index (χ2n) is 4.30. The molecule has 0 aliphatic rings. The molecule has 0 atom stereocenters. The van der Waals surface area contributed by atoms with Crippen molar-refractivity contribution in [2.75, 3.05) is 5.32 Å². The molecule has 19 heavy (non-hydrogen) atoms. The molecule has 3 heteroatoms. The Balaban J connectivity index is 1.99. The van der Waals surface area contributed by atoms with Gasteiger partial charge in [0.25, 0.3) is 0 Å². The summed E-state index contributed by atoms with van der Waals surface area (Å²) in [5.41, 5.74) is 2.07. The van der Waals surface area contributed by atoms with Crippen LogP contribution in [0, 0.1) is 4.91 Å². The van der Waals surface area contributed by atoms with Crippen molar-refractivity contribution in [1.82, 2.24) is 0 Å². The van der Waals surface area contributed by atoms with Crippen LogP contribution in [-0.2, 0) is 0 Å². The van der Waals surface area contributed by atoms with Gasteiger partial charge in [-0.05, 0) is 40.2 Å². The third kappa shape index (κ3) is 2.31. The van der Waals surface area contributed by atoms with E-state index >= 15 is 0 Å². The first-order chi connectivity index (χ1) is 9.36. The number of nitrogens with one attached hydrogen (secondary N) is 1. The maximum Gasteiger partial charge on any atom is 0.131 e. The first kappa shape index (κ1) is 11.4. The highest BCUT2D eigenvalue weighted by atomic mass is 16.3. The number of nitroso groups, excluding NO2 is 1. The average molecular weight is 248 g/mol. The summed E-state index contributed by atoms with van der Waals surface area (Å²) in [4.78, 5) is 10.7. The van der Waals surface area contributed by atoms with Crippen molar-refractivity contribution in [1.29, 1.82) is 0 Å². The molecule has 0 aromatic heterocycles. The molecule has 0 saturated carbocycles. The zero-order valence-electron chi connectivity index (χ0n) is 10.2. The number of anilines is 2. The zero-order chi connectivity index (χ0) is 13.1. The van der Waals surface area contributed by atoms with E-state index in [0.717, 1.165) is 11.1 Å². The van der Waals surface area contributed by atoms with E-state index in [1.54, 1.807) is 12.1 Å². The van der Waals surface area contributed by atoms with Gasteiger partial charge in [-0.25, -0.2) is 0 Å². The molecule has 0 unspecified atom stereocenters. The molecule has 92 valence electrons. The van der Waals surface area contributed by atoms with Gasteiger partial charge in [-0.3, -0.25) is 0 Å². The van der Waals surface area contributed by atoms with Gasteiger partial charge in [0.15, 0.2) is 0 Å². The van der Waals surface area contributed by atoms with Crippen molar-refractivity contribution < 1.29 is 0 Å². The molecule has 0 saturated heterocycles. The number of hydrogen-bond donors (Lipinski definition) is 1. The quantitative estimate of drug-likeness (QED) is 0.664. The van der Waals surface area contributed by atoms with E-state index in [9.17, 15) is 4.91 Å². The van der Waals surface area contributed by atoms with Crippen LogP contribution in [0.4, 0.5) is 17.1 Å². The normalized spacial score (nSPS) is 10.3. The molecule has 0 aliphatic heterocycles. The van der Waals surface area contributed by atoms with Crippen LogP contribution in [0.3, 0.4) is 0 Å². The lowest BCUT2D eigenvalue weighted by Crippen LogP contribution is -1.90. The summed E-state index contributed by atoms with van der Waals surface area (Å²) >= 11 is 0. The fourth-order valence-corrected chi connectivity index (χ4v) is 2.08. The lowest BCUT2D eigenvalue weighted by molar-refractivity contribution is 1.46. The van der Waals surface area contributed by atoms with Crippen molar-refractivity contribution >= 4 is 27.8 Å². The highest BCUT2D eigenvalue weighted by Crippen LogP contribution is 2.28. The summed E-state index contributed by atoms with van der Waals surface area (Å²) in [7, 11) is 0. The van der Waals surface area contributed by atoms with Crippen LogP contribution < -0.4 is 5.32 Å². The SMILES string of the molecule is O=Nc1ccccc1Nc1ccc2ccccc2c1. The predicted octanol–water partition coefficient (Wildman–Crippen LogP) is 4.98. The molecule has 1 N–H and O–H groups in total. The van der Waals surface area contributed by atoms with Crippen molar-refractivity contribution in [3.63, 3.8) is 0 Å². The van der Waals surface area contributed by atoms with E-state index in [0.29, 0.717) is 11.4 Å². The first-order valence-electron chi connectivity index (χ1n) is 6.05. The summed E-state index contributed by atoms with van der Waals surface area (Å²) in [5, 5.41) is 8.58. The minimum atomic E-state index is 0.413. The molecule has 0 amide bonds. The van der Waals surface area contributed by atoms with E-state index < -0.39 is 0 Å². The minimum Gasteiger partial charge on any atom is -0.354 e. The number of fused-ring (bicyclic) bond motifs is 1. The molecule has 0 bridgehead atoms. The molecule has 0 radical (unpaired) electrons. The fraction of sp³-hybridized carbons (Fsp3) is 0. The standard InChI is InChI=1S/C16H12N2O/c19-18-16-8-4-3-7-15(16)17-14-10-9-12-5-1-2-6-13(12)11-14/h1-11,17H. The lowest BCUT2D eigenvalue weighted by Gasteiger charge is -2.08. The molecule has 3 aromatic carbocycles. The number of benzene rings is 3. The van der Waals surface area contributed by atoms with Gasteiger partial charge >= 0.3 is 0 Å². The summed E-state index contributed by atoms with van der Waals surface area (Å²) < 4.78 is 0. The molecular formula is C16H12N2O. The third-order valence-corrected chi connectivity index (χ3v) is 3.03. The lowest BCUT2D eigenvalue weighted by atomic mass is 10.1. The van der Waals surface area contributed by atoms with E-state index in [2.05, 4.69) is 34.8 Å². The van der Waals surface area contributed by atoms with E-state index in [-0.39, 0.29) is 0 Å². The number of nitrogens with zero attached hydrogens (tertiary/aromatic N) is 1. The maximum atomic E-state index is 10.7. The van der Waals surface area contributed by atoms with Crippen LogP contribution >= 0.6 is 0 Å². The van der Waals surface area contributed by atoms with Crippen LogP contribution in [0.15, 0.2) is 71.9 Å². The minimum absolute atomic E-state index is 0.413. The van der Waals surface area contributed by atoms with Gasteiger partial charge in [-0.15, -0.1) is 4.91 Å². The van der Waals surface area contributed by atoms with E-state index in [1.807, 2.05) is 30.3 Å². The van der Waals surface area contributed by atoms with Crippen molar-refractivity contribution in [2.45, 2.75) is 0 Å². The molecule has 3 rings (SSSR count). The van der Waals surface area contributed by atoms with E-state index in [1.165, 1.54) is 5.39 Å². The van der Waals surface area contributed by atoms with E-state index in [4.69, 9.17) is 0 Å². The van der Waals surface area contributed by atoms with Gasteiger partial charge in [0.1, 0.15) is 5.69 Å². The largest absolute Gasteiger partial charge is 0.354 e. The Labute approximate surface area is 110 Å². The highest BCUT2D eigenvalue weighted by molar-refractivity contribution is 5.87. The van der Waals surface area contributed by atoms with Crippen molar-refractivity contribution in [2.24, 2.45) is 5.18 Å². The smallest absolute Gasteiger partial charge is 0.131 e. The Morgan fingerprint density at radius 3 is 2.37 bits per heavy atom. The Morgan fingerprint density at radius 2 is 1.53 bits per heavy atom. The molecule has 0 aliphatic carbocycles. The predicted molar refractivity (Wildman–Crippen MR) is 79.1 cm³/mol. The summed E-state index contributed by atoms with van der Waals surface area (Å²) in [6, 6.07) is 21.4. The third-order valence-electron chi connectivity index (χ3n) is 3.03. The van der Waals surface area contributed by atoms with Gasteiger partial charge in [0.2, 0.25) is 0 Å². The van der Waals surface area contributed by atoms with Crippen LogP contribution in [0.2, 0.25) is 0 Å².